The molecule has 1 fully saturated rings. The van der Waals surface area contributed by atoms with Gasteiger partial charge < -0.3 is 15.2 Å². The van der Waals surface area contributed by atoms with E-state index in [9.17, 15) is 14.7 Å². The zero-order chi connectivity index (χ0) is 15.2. The number of nitrogens with one attached hydrogen (secondary N) is 1. The van der Waals surface area contributed by atoms with Crippen molar-refractivity contribution in [3.05, 3.63) is 35.9 Å². The van der Waals surface area contributed by atoms with Crippen LogP contribution in [0, 0.1) is 0 Å². The van der Waals surface area contributed by atoms with E-state index in [-0.39, 0.29) is 24.5 Å². The summed E-state index contributed by atoms with van der Waals surface area (Å²) >= 11 is 0. The minimum Gasteiger partial charge on any atom is -0.479 e. The average Bonchev–Trinajstić information content (AvgIpc) is 2.89. The summed E-state index contributed by atoms with van der Waals surface area (Å²) in [5.74, 6) is -1.31. The number of carboxylic acids is 1. The number of amides is 1. The van der Waals surface area contributed by atoms with Crippen molar-refractivity contribution < 1.29 is 19.4 Å². The Morgan fingerprint density at radius 3 is 2.62 bits per heavy atom. The molecule has 0 aromatic heterocycles. The second-order valence-corrected chi connectivity index (χ2v) is 5.43. The Balaban J connectivity index is 1.86. The van der Waals surface area contributed by atoms with Gasteiger partial charge in [0.1, 0.15) is 0 Å². The van der Waals surface area contributed by atoms with E-state index in [0.29, 0.717) is 12.0 Å². The number of carboxylic acid groups (broad SMARTS) is 1. The third-order valence-electron chi connectivity index (χ3n) is 3.70. The van der Waals surface area contributed by atoms with E-state index < -0.39 is 12.0 Å². The van der Waals surface area contributed by atoms with E-state index in [4.69, 9.17) is 4.74 Å². The molecule has 1 aromatic rings. The van der Waals surface area contributed by atoms with Crippen LogP contribution in [0.2, 0.25) is 0 Å². The summed E-state index contributed by atoms with van der Waals surface area (Å²) < 4.78 is 5.65. The SMILES string of the molecule is C[C@@H]1CC[C@H](CCC(=O)N[C@@H](C(=O)O)c2ccccc2)O1. The van der Waals surface area contributed by atoms with Gasteiger partial charge in [0.05, 0.1) is 12.2 Å². The van der Waals surface area contributed by atoms with E-state index in [1.807, 2.05) is 13.0 Å². The van der Waals surface area contributed by atoms with Gasteiger partial charge in [-0.05, 0) is 31.7 Å². The van der Waals surface area contributed by atoms with Crippen LogP contribution in [0.1, 0.15) is 44.2 Å². The maximum Gasteiger partial charge on any atom is 0.330 e. The molecule has 1 saturated heterocycles. The molecule has 0 unspecified atom stereocenters. The fourth-order valence-corrected chi connectivity index (χ4v) is 2.56. The summed E-state index contributed by atoms with van der Waals surface area (Å²) in [6, 6.07) is 7.71. The lowest BCUT2D eigenvalue weighted by Crippen LogP contribution is -2.34. The first-order chi connectivity index (χ1) is 10.1. The predicted molar refractivity (Wildman–Crippen MR) is 77.8 cm³/mol. The lowest BCUT2D eigenvalue weighted by atomic mass is 10.1. The average molecular weight is 291 g/mol. The monoisotopic (exact) mass is 291 g/mol. The Hall–Kier alpha value is -1.88. The van der Waals surface area contributed by atoms with Crippen LogP contribution in [0.25, 0.3) is 0 Å². The molecule has 1 aromatic carbocycles. The number of hydrogen-bond donors (Lipinski definition) is 2. The van der Waals surface area contributed by atoms with Crippen molar-refractivity contribution in [3.63, 3.8) is 0 Å². The van der Waals surface area contributed by atoms with Gasteiger partial charge in [-0.15, -0.1) is 0 Å². The highest BCUT2D eigenvalue weighted by molar-refractivity contribution is 5.84. The smallest absolute Gasteiger partial charge is 0.330 e. The first-order valence-electron chi connectivity index (χ1n) is 7.29. The van der Waals surface area contributed by atoms with Crippen molar-refractivity contribution in [2.45, 2.75) is 50.9 Å². The summed E-state index contributed by atoms with van der Waals surface area (Å²) in [4.78, 5) is 23.2. The molecule has 2 N–H and O–H groups in total. The van der Waals surface area contributed by atoms with E-state index in [1.54, 1.807) is 24.3 Å². The highest BCUT2D eigenvalue weighted by atomic mass is 16.5. The van der Waals surface area contributed by atoms with Crippen molar-refractivity contribution in [3.8, 4) is 0 Å². The van der Waals surface area contributed by atoms with Gasteiger partial charge in [-0.25, -0.2) is 4.79 Å². The molecule has 21 heavy (non-hydrogen) atoms. The number of aliphatic carboxylic acids is 1. The number of benzene rings is 1. The Bertz CT molecular complexity index is 488. The summed E-state index contributed by atoms with van der Waals surface area (Å²) in [5, 5.41) is 11.8. The topological polar surface area (TPSA) is 75.6 Å². The van der Waals surface area contributed by atoms with E-state index in [0.717, 1.165) is 12.8 Å². The summed E-state index contributed by atoms with van der Waals surface area (Å²) in [7, 11) is 0. The van der Waals surface area contributed by atoms with Gasteiger partial charge in [0.2, 0.25) is 5.91 Å². The van der Waals surface area contributed by atoms with Gasteiger partial charge in [-0.3, -0.25) is 4.79 Å². The molecule has 114 valence electrons. The molecule has 0 spiro atoms. The van der Waals surface area contributed by atoms with Gasteiger partial charge in [0.25, 0.3) is 0 Å². The zero-order valence-electron chi connectivity index (χ0n) is 12.1. The zero-order valence-corrected chi connectivity index (χ0v) is 12.1. The van der Waals surface area contributed by atoms with Crippen molar-refractivity contribution in [1.29, 1.82) is 0 Å². The van der Waals surface area contributed by atoms with Gasteiger partial charge in [0.15, 0.2) is 6.04 Å². The van der Waals surface area contributed by atoms with Gasteiger partial charge in [-0.2, -0.15) is 0 Å². The molecule has 2 rings (SSSR count). The Morgan fingerprint density at radius 2 is 2.05 bits per heavy atom. The van der Waals surface area contributed by atoms with Crippen LogP contribution in [0.3, 0.4) is 0 Å². The third-order valence-corrected chi connectivity index (χ3v) is 3.70. The van der Waals surface area contributed by atoms with Gasteiger partial charge in [0, 0.05) is 6.42 Å². The maximum absolute atomic E-state index is 11.9. The third kappa shape index (κ3) is 4.56. The molecule has 0 aliphatic carbocycles. The number of carbonyl (C=O) groups is 2. The van der Waals surface area contributed by atoms with Crippen LogP contribution < -0.4 is 5.32 Å². The lowest BCUT2D eigenvalue weighted by molar-refractivity contribution is -0.142. The molecule has 0 saturated carbocycles. The number of ether oxygens (including phenoxy) is 1. The summed E-state index contributed by atoms with van der Waals surface area (Å²) in [6.07, 6.45) is 3.29. The highest BCUT2D eigenvalue weighted by Gasteiger charge is 2.25. The van der Waals surface area contributed by atoms with Crippen LogP contribution in [0.5, 0.6) is 0 Å². The normalized spacial score (nSPS) is 22.7. The molecule has 5 nitrogen and oxygen atoms in total. The van der Waals surface area contributed by atoms with Crippen molar-refractivity contribution in [2.75, 3.05) is 0 Å². The largest absolute Gasteiger partial charge is 0.479 e. The van der Waals surface area contributed by atoms with Crippen LogP contribution in [-0.2, 0) is 14.3 Å². The molecule has 5 heteroatoms. The lowest BCUT2D eigenvalue weighted by Gasteiger charge is -2.16. The predicted octanol–water partition coefficient (Wildman–Crippen LogP) is 2.28. The quantitative estimate of drug-likeness (QED) is 0.843. The molecule has 1 aliphatic heterocycles. The van der Waals surface area contributed by atoms with E-state index >= 15 is 0 Å². The standard InChI is InChI=1S/C16H21NO4/c1-11-7-8-13(21-11)9-10-14(18)17-15(16(19)20)12-5-3-2-4-6-12/h2-6,11,13,15H,7-10H2,1H3,(H,17,18)(H,19,20)/t11-,13-,15-/m1/s1. The van der Waals surface area contributed by atoms with Crippen molar-refractivity contribution in [2.24, 2.45) is 0 Å². The van der Waals surface area contributed by atoms with E-state index in [1.165, 1.54) is 0 Å². The summed E-state index contributed by atoms with van der Waals surface area (Å²) in [5.41, 5.74) is 0.573. The van der Waals surface area contributed by atoms with Crippen molar-refractivity contribution in [1.82, 2.24) is 5.32 Å². The van der Waals surface area contributed by atoms with Crippen LogP contribution in [0.15, 0.2) is 30.3 Å². The molecular weight excluding hydrogens is 270 g/mol. The number of hydrogen-bond acceptors (Lipinski definition) is 3. The first-order valence-corrected chi connectivity index (χ1v) is 7.29. The highest BCUT2D eigenvalue weighted by Crippen LogP contribution is 2.22. The van der Waals surface area contributed by atoms with E-state index in [2.05, 4.69) is 5.32 Å². The van der Waals surface area contributed by atoms with Crippen molar-refractivity contribution >= 4 is 11.9 Å². The second-order valence-electron chi connectivity index (χ2n) is 5.43. The number of rotatable bonds is 6. The molecule has 0 radical (unpaired) electrons. The van der Waals surface area contributed by atoms with Gasteiger partial charge >= 0.3 is 5.97 Å². The molecule has 0 bridgehead atoms. The second kappa shape index (κ2) is 7.22. The van der Waals surface area contributed by atoms with Crippen LogP contribution >= 0.6 is 0 Å². The Labute approximate surface area is 124 Å². The molecule has 1 amide bonds. The molecule has 3 atom stereocenters. The minimum atomic E-state index is -1.06. The van der Waals surface area contributed by atoms with Gasteiger partial charge in [-0.1, -0.05) is 30.3 Å². The minimum absolute atomic E-state index is 0.116. The number of carbonyl (C=O) groups excluding carboxylic acids is 1. The Kier molecular flexibility index (Phi) is 5.33. The fourth-order valence-electron chi connectivity index (χ4n) is 2.56. The van der Waals surface area contributed by atoms with Crippen LogP contribution in [-0.4, -0.2) is 29.2 Å². The summed E-state index contributed by atoms with van der Waals surface area (Å²) in [6.45, 7) is 2.02. The fraction of sp³-hybridized carbons (Fsp3) is 0.500. The maximum atomic E-state index is 11.9. The first kappa shape index (κ1) is 15.5. The molecule has 1 heterocycles. The Morgan fingerprint density at radius 1 is 1.33 bits per heavy atom. The molecular formula is C16H21NO4. The van der Waals surface area contributed by atoms with Crippen LogP contribution in [0.4, 0.5) is 0 Å². The molecule has 1 aliphatic rings.